The van der Waals surface area contributed by atoms with E-state index in [0.717, 1.165) is 25.0 Å². The van der Waals surface area contributed by atoms with E-state index in [9.17, 15) is 13.2 Å². The van der Waals surface area contributed by atoms with Crippen molar-refractivity contribution < 1.29 is 22.6 Å². The van der Waals surface area contributed by atoms with Gasteiger partial charge < -0.3 is 20.5 Å². The van der Waals surface area contributed by atoms with E-state index < -0.39 is 18.2 Å². The van der Waals surface area contributed by atoms with Gasteiger partial charge in [-0.1, -0.05) is 0 Å². The molecule has 0 radical (unpaired) electrons. The highest BCUT2D eigenvalue weighted by Gasteiger charge is 2.23. The second-order valence-electron chi connectivity index (χ2n) is 4.73. The van der Waals surface area contributed by atoms with Crippen LogP contribution in [0.2, 0.25) is 0 Å². The summed E-state index contributed by atoms with van der Waals surface area (Å²) < 4.78 is 47.4. The summed E-state index contributed by atoms with van der Waals surface area (Å²) in [5, 5.41) is 3.05. The number of hydrogen-bond acceptors (Lipinski definition) is 4. The average molecular weight is 290 g/mol. The zero-order chi connectivity index (χ0) is 14.7. The molecule has 1 heterocycles. The lowest BCUT2D eigenvalue weighted by molar-refractivity contribution is -0.0521. The van der Waals surface area contributed by atoms with Crippen LogP contribution < -0.4 is 15.8 Å². The van der Waals surface area contributed by atoms with Gasteiger partial charge in [-0.2, -0.15) is 8.78 Å². The Labute approximate surface area is 115 Å². The lowest BCUT2D eigenvalue weighted by Crippen LogP contribution is -2.30. The van der Waals surface area contributed by atoms with Gasteiger partial charge >= 0.3 is 6.61 Å². The van der Waals surface area contributed by atoms with Crippen molar-refractivity contribution in [1.82, 2.24) is 0 Å². The summed E-state index contributed by atoms with van der Waals surface area (Å²) in [6.45, 7) is -0.488. The lowest BCUT2D eigenvalue weighted by atomic mass is 10.1. The van der Waals surface area contributed by atoms with Crippen LogP contribution in [0.5, 0.6) is 5.75 Å². The van der Waals surface area contributed by atoms with Crippen LogP contribution in [0.25, 0.3) is 0 Å². The predicted octanol–water partition coefficient (Wildman–Crippen LogP) is 2.99. The van der Waals surface area contributed by atoms with Gasteiger partial charge in [-0.25, -0.2) is 4.39 Å². The molecule has 112 valence electrons. The summed E-state index contributed by atoms with van der Waals surface area (Å²) in [6.07, 6.45) is 1.92. The molecule has 4 nitrogen and oxygen atoms in total. The molecule has 0 bridgehead atoms. The van der Waals surface area contributed by atoms with E-state index >= 15 is 0 Å². The van der Waals surface area contributed by atoms with Crippen LogP contribution in [0.4, 0.5) is 24.5 Å². The SMILES string of the molecule is CC(Nc1cc(OC(F)F)c(F)cc1N)C1CCCO1. The van der Waals surface area contributed by atoms with E-state index in [1.54, 1.807) is 0 Å². The molecule has 3 N–H and O–H groups in total. The second kappa shape index (κ2) is 6.21. The van der Waals surface area contributed by atoms with Crippen LogP contribution in [0.3, 0.4) is 0 Å². The third kappa shape index (κ3) is 3.47. The largest absolute Gasteiger partial charge is 0.432 e. The van der Waals surface area contributed by atoms with Crippen LogP contribution in [0.15, 0.2) is 12.1 Å². The van der Waals surface area contributed by atoms with E-state index in [0.29, 0.717) is 12.3 Å². The first-order valence-corrected chi connectivity index (χ1v) is 6.39. The summed E-state index contributed by atoms with van der Waals surface area (Å²) in [5.41, 5.74) is 6.17. The maximum Gasteiger partial charge on any atom is 0.387 e. The number of nitrogens with one attached hydrogen (secondary N) is 1. The Morgan fingerprint density at radius 2 is 2.20 bits per heavy atom. The minimum Gasteiger partial charge on any atom is -0.432 e. The Bertz CT molecular complexity index is 465. The quantitative estimate of drug-likeness (QED) is 0.819. The van der Waals surface area contributed by atoms with Crippen LogP contribution in [-0.4, -0.2) is 25.4 Å². The highest BCUT2D eigenvalue weighted by Crippen LogP contribution is 2.30. The average Bonchev–Trinajstić information content (AvgIpc) is 2.88. The van der Waals surface area contributed by atoms with Gasteiger partial charge in [0.15, 0.2) is 11.6 Å². The van der Waals surface area contributed by atoms with Crippen molar-refractivity contribution in [2.75, 3.05) is 17.7 Å². The van der Waals surface area contributed by atoms with E-state index in [-0.39, 0.29) is 17.8 Å². The van der Waals surface area contributed by atoms with Gasteiger partial charge in [0.05, 0.1) is 17.5 Å². The van der Waals surface area contributed by atoms with E-state index in [4.69, 9.17) is 10.5 Å². The Balaban J connectivity index is 2.13. The molecule has 20 heavy (non-hydrogen) atoms. The molecule has 0 spiro atoms. The fourth-order valence-corrected chi connectivity index (χ4v) is 2.22. The Kier molecular flexibility index (Phi) is 4.59. The van der Waals surface area contributed by atoms with Crippen molar-refractivity contribution in [3.8, 4) is 5.75 Å². The van der Waals surface area contributed by atoms with Gasteiger partial charge in [0.2, 0.25) is 0 Å². The molecule has 7 heteroatoms. The van der Waals surface area contributed by atoms with Crippen molar-refractivity contribution in [3.63, 3.8) is 0 Å². The number of nitrogen functional groups attached to an aromatic ring is 1. The number of ether oxygens (including phenoxy) is 2. The van der Waals surface area contributed by atoms with Crippen molar-refractivity contribution in [3.05, 3.63) is 17.9 Å². The third-order valence-electron chi connectivity index (χ3n) is 3.23. The molecule has 1 aliphatic rings. The highest BCUT2D eigenvalue weighted by atomic mass is 19.3. The lowest BCUT2D eigenvalue weighted by Gasteiger charge is -2.22. The van der Waals surface area contributed by atoms with Crippen molar-refractivity contribution in [1.29, 1.82) is 0 Å². The number of benzene rings is 1. The molecule has 1 fully saturated rings. The summed E-state index contributed by atoms with van der Waals surface area (Å²) in [7, 11) is 0. The molecule has 0 saturated carbocycles. The number of nitrogens with two attached hydrogens (primary N) is 1. The molecule has 2 unspecified atom stereocenters. The summed E-state index contributed by atoms with van der Waals surface area (Å²) in [5.74, 6) is -1.45. The second-order valence-corrected chi connectivity index (χ2v) is 4.73. The zero-order valence-corrected chi connectivity index (χ0v) is 11.0. The first kappa shape index (κ1) is 14.8. The summed E-state index contributed by atoms with van der Waals surface area (Å²) in [6, 6.07) is 2.04. The van der Waals surface area contributed by atoms with Crippen LogP contribution >= 0.6 is 0 Å². The monoisotopic (exact) mass is 290 g/mol. The molecular formula is C13H17F3N2O2. The molecule has 0 amide bonds. The molecule has 1 saturated heterocycles. The summed E-state index contributed by atoms with van der Waals surface area (Å²) >= 11 is 0. The highest BCUT2D eigenvalue weighted by molar-refractivity contribution is 5.69. The number of hydrogen-bond donors (Lipinski definition) is 2. The van der Waals surface area contributed by atoms with Crippen molar-refractivity contribution in [2.45, 2.75) is 38.5 Å². The van der Waals surface area contributed by atoms with Gasteiger partial charge in [0.25, 0.3) is 0 Å². The maximum atomic E-state index is 13.4. The van der Waals surface area contributed by atoms with Crippen LogP contribution in [0.1, 0.15) is 19.8 Å². The molecule has 0 aliphatic carbocycles. The topological polar surface area (TPSA) is 56.5 Å². The number of rotatable bonds is 5. The molecular weight excluding hydrogens is 273 g/mol. The predicted molar refractivity (Wildman–Crippen MR) is 69.5 cm³/mol. The molecule has 1 aliphatic heterocycles. The molecule has 1 aromatic carbocycles. The molecule has 2 atom stereocenters. The van der Waals surface area contributed by atoms with E-state index in [1.165, 1.54) is 0 Å². The number of alkyl halides is 2. The van der Waals surface area contributed by atoms with Gasteiger partial charge in [-0.3, -0.25) is 0 Å². The van der Waals surface area contributed by atoms with Crippen molar-refractivity contribution >= 4 is 11.4 Å². The van der Waals surface area contributed by atoms with E-state index in [2.05, 4.69) is 10.1 Å². The summed E-state index contributed by atoms with van der Waals surface area (Å²) in [4.78, 5) is 0. The standard InChI is InChI=1S/C13H17F3N2O2/c1-7(11-3-2-4-19-11)18-10-6-12(20-13(15)16)8(14)5-9(10)17/h5-7,11,13,18H,2-4,17H2,1H3. The smallest absolute Gasteiger partial charge is 0.387 e. The van der Waals surface area contributed by atoms with Crippen molar-refractivity contribution in [2.24, 2.45) is 0 Å². The zero-order valence-electron chi connectivity index (χ0n) is 11.0. The number of anilines is 2. The van der Waals surface area contributed by atoms with Gasteiger partial charge in [-0.15, -0.1) is 0 Å². The minimum absolute atomic E-state index is 0.0268. The molecule has 2 rings (SSSR count). The normalized spacial score (nSPS) is 20.1. The maximum absolute atomic E-state index is 13.4. The Hall–Kier alpha value is -1.63. The number of halogens is 3. The Morgan fingerprint density at radius 1 is 1.45 bits per heavy atom. The van der Waals surface area contributed by atoms with Gasteiger partial charge in [-0.05, 0) is 19.8 Å². The van der Waals surface area contributed by atoms with Gasteiger partial charge in [0.1, 0.15) is 0 Å². The first-order chi connectivity index (χ1) is 9.47. The van der Waals surface area contributed by atoms with E-state index in [1.807, 2.05) is 6.92 Å². The van der Waals surface area contributed by atoms with Crippen LogP contribution in [-0.2, 0) is 4.74 Å². The van der Waals surface area contributed by atoms with Crippen LogP contribution in [0, 0.1) is 5.82 Å². The first-order valence-electron chi connectivity index (χ1n) is 6.39. The fourth-order valence-electron chi connectivity index (χ4n) is 2.22. The molecule has 0 aromatic heterocycles. The third-order valence-corrected chi connectivity index (χ3v) is 3.23. The Morgan fingerprint density at radius 3 is 2.80 bits per heavy atom. The minimum atomic E-state index is -3.09. The van der Waals surface area contributed by atoms with Gasteiger partial charge in [0, 0.05) is 24.8 Å². The molecule has 1 aromatic rings. The fraction of sp³-hybridized carbons (Fsp3) is 0.538.